The third-order valence-electron chi connectivity index (χ3n) is 5.11. The molecule has 0 aromatic heterocycles. The Hall–Kier alpha value is -0.650. The molecule has 0 spiro atoms. The number of piperidine rings is 2. The molecule has 2 fully saturated rings. The molecule has 0 amide bonds. The van der Waals surface area contributed by atoms with Gasteiger partial charge in [0, 0.05) is 19.0 Å². The minimum atomic E-state index is -0.0143. The zero-order valence-electron chi connectivity index (χ0n) is 14.6. The molecule has 0 bridgehead atoms. The van der Waals surface area contributed by atoms with Crippen LogP contribution in [0.15, 0.2) is 0 Å². The number of hydrogen-bond acceptors (Lipinski definition) is 5. The summed E-state index contributed by atoms with van der Waals surface area (Å²) in [5.74, 6) is 0.508. The molecular formula is C17H33N3O2. The van der Waals surface area contributed by atoms with E-state index in [-0.39, 0.29) is 5.97 Å². The molecule has 2 aliphatic heterocycles. The summed E-state index contributed by atoms with van der Waals surface area (Å²) in [6.07, 6.45) is 5.50. The molecule has 0 radical (unpaired) electrons. The van der Waals surface area contributed by atoms with Gasteiger partial charge in [0.15, 0.2) is 0 Å². The average molecular weight is 311 g/mol. The largest absolute Gasteiger partial charge is 0.464 e. The third kappa shape index (κ3) is 5.86. The molecular weight excluding hydrogens is 278 g/mol. The fraction of sp³-hybridized carbons (Fsp3) is 0.941. The first kappa shape index (κ1) is 17.7. The molecule has 22 heavy (non-hydrogen) atoms. The van der Waals surface area contributed by atoms with Crippen molar-refractivity contribution in [3.63, 3.8) is 0 Å². The number of hydrogen-bond donors (Lipinski definition) is 0. The first-order valence-electron chi connectivity index (χ1n) is 8.77. The van der Waals surface area contributed by atoms with E-state index in [1.165, 1.54) is 25.9 Å². The highest BCUT2D eigenvalue weighted by molar-refractivity contribution is 5.69. The molecule has 0 unspecified atom stereocenters. The zero-order chi connectivity index (χ0) is 15.9. The van der Waals surface area contributed by atoms with Crippen LogP contribution in [0.3, 0.4) is 0 Å². The van der Waals surface area contributed by atoms with Crippen molar-refractivity contribution < 1.29 is 9.53 Å². The fourth-order valence-electron chi connectivity index (χ4n) is 3.52. The van der Waals surface area contributed by atoms with E-state index in [2.05, 4.69) is 16.8 Å². The highest BCUT2D eigenvalue weighted by Crippen LogP contribution is 2.25. The average Bonchev–Trinajstić information content (AvgIpc) is 2.48. The molecule has 2 heterocycles. The number of ether oxygens (including phenoxy) is 1. The molecule has 0 saturated carbocycles. The highest BCUT2D eigenvalue weighted by Gasteiger charge is 2.28. The number of nitrogens with zero attached hydrogens (tertiary/aromatic N) is 3. The lowest BCUT2D eigenvalue weighted by molar-refractivity contribution is -0.145. The maximum absolute atomic E-state index is 11.9. The molecule has 0 N–H and O–H groups in total. The maximum atomic E-state index is 11.9. The minimum Gasteiger partial charge on any atom is -0.464 e. The maximum Gasteiger partial charge on any atom is 0.306 e. The molecule has 0 aromatic carbocycles. The molecule has 5 nitrogen and oxygen atoms in total. The van der Waals surface area contributed by atoms with Gasteiger partial charge in [-0.15, -0.1) is 0 Å². The molecule has 2 rings (SSSR count). The summed E-state index contributed by atoms with van der Waals surface area (Å²) in [5, 5.41) is 0. The van der Waals surface area contributed by atoms with Crippen molar-refractivity contribution in [3.8, 4) is 0 Å². The first-order valence-corrected chi connectivity index (χ1v) is 8.77. The number of carbonyl (C=O) groups excluding carboxylic acids is 1. The Balaban J connectivity index is 1.61. The van der Waals surface area contributed by atoms with Crippen LogP contribution >= 0.6 is 0 Å². The van der Waals surface area contributed by atoms with E-state index in [9.17, 15) is 4.79 Å². The molecule has 0 atom stereocenters. The van der Waals surface area contributed by atoms with E-state index >= 15 is 0 Å². The van der Waals surface area contributed by atoms with E-state index in [0.29, 0.717) is 18.9 Å². The van der Waals surface area contributed by atoms with Crippen LogP contribution in [0.4, 0.5) is 0 Å². The van der Waals surface area contributed by atoms with Gasteiger partial charge in [0.2, 0.25) is 0 Å². The lowest BCUT2D eigenvalue weighted by atomic mass is 9.91. The second-order valence-electron chi connectivity index (χ2n) is 7.24. The van der Waals surface area contributed by atoms with E-state index in [1.54, 1.807) is 0 Å². The Bertz CT molecular complexity index is 333. The van der Waals surface area contributed by atoms with Crippen molar-refractivity contribution in [1.82, 2.24) is 14.7 Å². The van der Waals surface area contributed by atoms with Gasteiger partial charge in [-0.05, 0) is 78.9 Å². The predicted molar refractivity (Wildman–Crippen MR) is 88.9 cm³/mol. The summed E-state index contributed by atoms with van der Waals surface area (Å²) in [5.41, 5.74) is 0. The van der Waals surface area contributed by atoms with Gasteiger partial charge in [0.1, 0.15) is 6.61 Å². The van der Waals surface area contributed by atoms with Crippen molar-refractivity contribution in [2.45, 2.75) is 38.1 Å². The van der Waals surface area contributed by atoms with Crippen LogP contribution in [0.25, 0.3) is 0 Å². The van der Waals surface area contributed by atoms with Gasteiger partial charge in [0.05, 0.1) is 0 Å². The fourth-order valence-corrected chi connectivity index (χ4v) is 3.52. The summed E-state index contributed by atoms with van der Waals surface area (Å²) in [6.45, 7) is 6.08. The second-order valence-corrected chi connectivity index (χ2v) is 7.24. The van der Waals surface area contributed by atoms with Crippen molar-refractivity contribution in [2.75, 3.05) is 60.5 Å². The van der Waals surface area contributed by atoms with Crippen LogP contribution in [0, 0.1) is 5.92 Å². The minimum absolute atomic E-state index is 0.0143. The second kappa shape index (κ2) is 8.85. The Morgan fingerprint density at radius 1 is 1.09 bits per heavy atom. The summed E-state index contributed by atoms with van der Waals surface area (Å²) in [4.78, 5) is 19.0. The monoisotopic (exact) mass is 311 g/mol. The van der Waals surface area contributed by atoms with Crippen LogP contribution in [0.1, 0.15) is 32.1 Å². The lowest BCUT2D eigenvalue weighted by Crippen LogP contribution is -2.47. The van der Waals surface area contributed by atoms with Gasteiger partial charge >= 0.3 is 5.97 Å². The van der Waals surface area contributed by atoms with E-state index in [1.807, 2.05) is 19.0 Å². The van der Waals surface area contributed by atoms with Gasteiger partial charge in [-0.1, -0.05) is 0 Å². The number of rotatable bonds is 6. The third-order valence-corrected chi connectivity index (χ3v) is 5.11. The number of esters is 1. The SMILES string of the molecule is CN(C)CCOC(=O)CC1CCN(C2CCN(C)CC2)CC1. The Morgan fingerprint density at radius 2 is 1.73 bits per heavy atom. The van der Waals surface area contributed by atoms with Gasteiger partial charge < -0.3 is 19.4 Å². The molecule has 0 aliphatic carbocycles. The van der Waals surface area contributed by atoms with E-state index in [4.69, 9.17) is 4.74 Å². The van der Waals surface area contributed by atoms with Gasteiger partial charge in [0.25, 0.3) is 0 Å². The Morgan fingerprint density at radius 3 is 2.32 bits per heavy atom. The highest BCUT2D eigenvalue weighted by atomic mass is 16.5. The van der Waals surface area contributed by atoms with Gasteiger partial charge in [-0.2, -0.15) is 0 Å². The van der Waals surface area contributed by atoms with Crippen LogP contribution in [0.2, 0.25) is 0 Å². The normalized spacial score (nSPS) is 23.1. The summed E-state index contributed by atoms with van der Waals surface area (Å²) < 4.78 is 5.31. The molecule has 2 aliphatic rings. The molecule has 2 saturated heterocycles. The summed E-state index contributed by atoms with van der Waals surface area (Å²) in [6, 6.07) is 0.768. The summed E-state index contributed by atoms with van der Waals surface area (Å²) in [7, 11) is 6.20. The number of carbonyl (C=O) groups is 1. The van der Waals surface area contributed by atoms with Crippen LogP contribution in [-0.2, 0) is 9.53 Å². The lowest BCUT2D eigenvalue weighted by Gasteiger charge is -2.41. The summed E-state index contributed by atoms with van der Waals surface area (Å²) >= 11 is 0. The predicted octanol–water partition coefficient (Wildman–Crippen LogP) is 1.29. The Kier molecular flexibility index (Phi) is 7.12. The van der Waals surface area contributed by atoms with Crippen molar-refractivity contribution in [2.24, 2.45) is 5.92 Å². The molecule has 0 aromatic rings. The van der Waals surface area contributed by atoms with Crippen LogP contribution < -0.4 is 0 Å². The standard InChI is InChI=1S/C17H33N3O2/c1-18(2)12-13-22-17(21)14-15-4-10-20(11-5-15)16-6-8-19(3)9-7-16/h15-16H,4-14H2,1-3H3. The molecule has 128 valence electrons. The first-order chi connectivity index (χ1) is 10.5. The topological polar surface area (TPSA) is 36.0 Å². The van der Waals surface area contributed by atoms with Crippen molar-refractivity contribution in [1.29, 1.82) is 0 Å². The van der Waals surface area contributed by atoms with E-state index < -0.39 is 0 Å². The van der Waals surface area contributed by atoms with Crippen LogP contribution in [0.5, 0.6) is 0 Å². The zero-order valence-corrected chi connectivity index (χ0v) is 14.6. The van der Waals surface area contributed by atoms with E-state index in [0.717, 1.165) is 38.5 Å². The number of likely N-dealkylation sites (N-methyl/N-ethyl adjacent to an activating group) is 1. The van der Waals surface area contributed by atoms with Gasteiger partial charge in [-0.25, -0.2) is 0 Å². The number of likely N-dealkylation sites (tertiary alicyclic amines) is 2. The quantitative estimate of drug-likeness (QED) is 0.691. The van der Waals surface area contributed by atoms with Crippen molar-refractivity contribution in [3.05, 3.63) is 0 Å². The van der Waals surface area contributed by atoms with Crippen molar-refractivity contribution >= 4 is 5.97 Å². The Labute approximate surface area is 135 Å². The molecule has 5 heteroatoms. The van der Waals surface area contributed by atoms with Gasteiger partial charge in [-0.3, -0.25) is 4.79 Å². The smallest absolute Gasteiger partial charge is 0.306 e. The van der Waals surface area contributed by atoms with Crippen LogP contribution in [-0.4, -0.2) is 87.2 Å².